The van der Waals surface area contributed by atoms with Crippen LogP contribution in [0.2, 0.25) is 0 Å². The maximum Gasteiger partial charge on any atom is 0.0894 e. The molecule has 1 heterocycles. The summed E-state index contributed by atoms with van der Waals surface area (Å²) in [4.78, 5) is 0. The first-order valence-electron chi connectivity index (χ1n) is 6.51. The van der Waals surface area contributed by atoms with Crippen LogP contribution >= 0.6 is 0 Å². The highest BCUT2D eigenvalue weighted by Gasteiger charge is 2.08. The molecule has 0 saturated carbocycles. The van der Waals surface area contributed by atoms with Crippen molar-refractivity contribution in [2.24, 2.45) is 0 Å². The molecule has 0 unspecified atom stereocenters. The lowest BCUT2D eigenvalue weighted by Gasteiger charge is -2.21. The zero-order valence-corrected chi connectivity index (χ0v) is 11.7. The minimum Gasteiger partial charge on any atom is -0.382 e. The van der Waals surface area contributed by atoms with Gasteiger partial charge in [0.25, 0.3) is 0 Å². The topological polar surface area (TPSA) is 54.8 Å². The zero-order chi connectivity index (χ0) is 13.7. The predicted molar refractivity (Wildman–Crippen MR) is 77.6 cm³/mol. The van der Waals surface area contributed by atoms with Gasteiger partial charge in [-0.3, -0.25) is 0 Å². The molecule has 19 heavy (non-hydrogen) atoms. The Morgan fingerprint density at radius 3 is 2.63 bits per heavy atom. The smallest absolute Gasteiger partial charge is 0.0894 e. The van der Waals surface area contributed by atoms with E-state index in [1.165, 1.54) is 0 Å². The van der Waals surface area contributed by atoms with Gasteiger partial charge >= 0.3 is 0 Å². The van der Waals surface area contributed by atoms with Crippen LogP contribution in [0.4, 0.5) is 5.69 Å². The monoisotopic (exact) mass is 259 g/mol. The van der Waals surface area contributed by atoms with E-state index in [-0.39, 0.29) is 5.54 Å². The second-order valence-corrected chi connectivity index (χ2v) is 5.47. The van der Waals surface area contributed by atoms with Gasteiger partial charge in [0.05, 0.1) is 23.8 Å². The molecular weight excluding hydrogens is 238 g/mol. The number of aromatic nitrogens is 3. The largest absolute Gasteiger partial charge is 0.382 e. The van der Waals surface area contributed by atoms with Crippen molar-refractivity contribution in [3.05, 3.63) is 36.7 Å². The molecule has 1 aromatic carbocycles. The summed E-state index contributed by atoms with van der Waals surface area (Å²) >= 11 is 0. The number of rotatable bonds is 5. The van der Waals surface area contributed by atoms with Crippen molar-refractivity contribution in [1.29, 1.82) is 0 Å². The summed E-state index contributed by atoms with van der Waals surface area (Å²) in [7, 11) is 0. The third-order valence-electron chi connectivity index (χ3n) is 2.67. The molecule has 0 radical (unpaired) electrons. The number of hydrogen-bond donors (Lipinski definition) is 2. The molecule has 2 aromatic rings. The minimum absolute atomic E-state index is 0.146. The van der Waals surface area contributed by atoms with E-state index >= 15 is 0 Å². The number of nitrogens with zero attached hydrogens (tertiary/aromatic N) is 3. The highest BCUT2D eigenvalue weighted by atomic mass is 15.4. The van der Waals surface area contributed by atoms with Gasteiger partial charge in [-0.15, -0.1) is 5.10 Å². The fourth-order valence-corrected chi connectivity index (χ4v) is 1.79. The molecule has 5 nitrogen and oxygen atoms in total. The van der Waals surface area contributed by atoms with Gasteiger partial charge in [-0.05, 0) is 32.9 Å². The van der Waals surface area contributed by atoms with Gasteiger partial charge in [-0.1, -0.05) is 17.3 Å². The van der Waals surface area contributed by atoms with Crippen molar-refractivity contribution in [3.63, 3.8) is 0 Å². The van der Waals surface area contributed by atoms with E-state index in [1.54, 1.807) is 10.9 Å². The van der Waals surface area contributed by atoms with Gasteiger partial charge < -0.3 is 10.6 Å². The van der Waals surface area contributed by atoms with Crippen molar-refractivity contribution in [1.82, 2.24) is 20.3 Å². The number of nitrogens with one attached hydrogen (secondary N) is 2. The number of benzene rings is 1. The maximum absolute atomic E-state index is 4.03. The SMILES string of the molecule is CC(C)(C)NCCNc1ccccc1-n1ccnn1. The molecule has 0 aliphatic rings. The summed E-state index contributed by atoms with van der Waals surface area (Å²) in [5, 5.41) is 14.7. The molecule has 0 amide bonds. The summed E-state index contributed by atoms with van der Waals surface area (Å²) in [6.07, 6.45) is 3.52. The van der Waals surface area contributed by atoms with Crippen LogP contribution in [0, 0.1) is 0 Å². The average Bonchev–Trinajstić information content (AvgIpc) is 2.88. The second-order valence-electron chi connectivity index (χ2n) is 5.47. The summed E-state index contributed by atoms with van der Waals surface area (Å²) in [5.74, 6) is 0. The lowest BCUT2D eigenvalue weighted by atomic mass is 10.1. The molecular formula is C14H21N5. The normalized spacial score (nSPS) is 11.5. The Morgan fingerprint density at radius 2 is 1.95 bits per heavy atom. The number of anilines is 1. The third-order valence-corrected chi connectivity index (χ3v) is 2.67. The fraction of sp³-hybridized carbons (Fsp3) is 0.429. The molecule has 102 valence electrons. The quantitative estimate of drug-likeness (QED) is 0.807. The average molecular weight is 259 g/mol. The Bertz CT molecular complexity index is 499. The minimum atomic E-state index is 0.146. The Morgan fingerprint density at radius 1 is 1.16 bits per heavy atom. The molecule has 0 aliphatic carbocycles. The van der Waals surface area contributed by atoms with Crippen molar-refractivity contribution >= 4 is 5.69 Å². The van der Waals surface area contributed by atoms with Crippen LogP contribution in [0.5, 0.6) is 0 Å². The van der Waals surface area contributed by atoms with Crippen LogP contribution in [0.15, 0.2) is 36.7 Å². The molecule has 1 aromatic heterocycles. The zero-order valence-electron chi connectivity index (χ0n) is 11.7. The standard InChI is InChI=1S/C14H21N5/c1-14(2,3)16-9-8-15-12-6-4-5-7-13(12)19-11-10-17-18-19/h4-7,10-11,15-16H,8-9H2,1-3H3. The lowest BCUT2D eigenvalue weighted by molar-refractivity contribution is 0.435. The van der Waals surface area contributed by atoms with Crippen LogP contribution < -0.4 is 10.6 Å². The van der Waals surface area contributed by atoms with Crippen LogP contribution in [0.3, 0.4) is 0 Å². The van der Waals surface area contributed by atoms with E-state index in [0.717, 1.165) is 24.5 Å². The molecule has 0 saturated heterocycles. The first kappa shape index (κ1) is 13.5. The van der Waals surface area contributed by atoms with Crippen LogP contribution in [-0.2, 0) is 0 Å². The summed E-state index contributed by atoms with van der Waals surface area (Å²) < 4.78 is 1.76. The summed E-state index contributed by atoms with van der Waals surface area (Å²) in [6.45, 7) is 8.27. The summed E-state index contributed by atoms with van der Waals surface area (Å²) in [6, 6.07) is 8.08. The molecule has 2 rings (SSSR count). The van der Waals surface area contributed by atoms with Crippen LogP contribution in [0.25, 0.3) is 5.69 Å². The van der Waals surface area contributed by atoms with Crippen LogP contribution in [-0.4, -0.2) is 33.6 Å². The van der Waals surface area contributed by atoms with Crippen molar-refractivity contribution < 1.29 is 0 Å². The number of para-hydroxylation sites is 2. The van der Waals surface area contributed by atoms with Gasteiger partial charge in [0, 0.05) is 18.6 Å². The van der Waals surface area contributed by atoms with E-state index < -0.39 is 0 Å². The molecule has 5 heteroatoms. The first-order chi connectivity index (χ1) is 9.06. The van der Waals surface area contributed by atoms with Crippen molar-refractivity contribution in [2.45, 2.75) is 26.3 Å². The van der Waals surface area contributed by atoms with Crippen molar-refractivity contribution in [2.75, 3.05) is 18.4 Å². The van der Waals surface area contributed by atoms with Gasteiger partial charge in [0.1, 0.15) is 0 Å². The van der Waals surface area contributed by atoms with Crippen molar-refractivity contribution in [3.8, 4) is 5.69 Å². The van der Waals surface area contributed by atoms with Gasteiger partial charge in [-0.2, -0.15) is 0 Å². The summed E-state index contributed by atoms with van der Waals surface area (Å²) in [5.41, 5.74) is 2.21. The van der Waals surface area contributed by atoms with Crippen LogP contribution in [0.1, 0.15) is 20.8 Å². The molecule has 0 aliphatic heterocycles. The highest BCUT2D eigenvalue weighted by molar-refractivity contribution is 5.60. The van der Waals surface area contributed by atoms with Gasteiger partial charge in [0.15, 0.2) is 0 Å². The molecule has 0 spiro atoms. The van der Waals surface area contributed by atoms with E-state index in [1.807, 2.05) is 30.5 Å². The molecule has 0 fully saturated rings. The first-order valence-corrected chi connectivity index (χ1v) is 6.51. The van der Waals surface area contributed by atoms with Gasteiger partial charge in [-0.25, -0.2) is 4.68 Å². The Labute approximate surface area is 114 Å². The number of hydrogen-bond acceptors (Lipinski definition) is 4. The van der Waals surface area contributed by atoms with Gasteiger partial charge in [0.2, 0.25) is 0 Å². The third kappa shape index (κ3) is 4.06. The highest BCUT2D eigenvalue weighted by Crippen LogP contribution is 2.18. The fourth-order valence-electron chi connectivity index (χ4n) is 1.79. The van der Waals surface area contributed by atoms with E-state index in [9.17, 15) is 0 Å². The molecule has 0 bridgehead atoms. The van der Waals surface area contributed by atoms with E-state index in [0.29, 0.717) is 0 Å². The Hall–Kier alpha value is -1.88. The molecule has 2 N–H and O–H groups in total. The predicted octanol–water partition coefficient (Wildman–Crippen LogP) is 2.07. The van der Waals surface area contributed by atoms with E-state index in [2.05, 4.69) is 41.7 Å². The Balaban J connectivity index is 1.97. The van der Waals surface area contributed by atoms with E-state index in [4.69, 9.17) is 0 Å². The lowest BCUT2D eigenvalue weighted by Crippen LogP contribution is -2.38. The Kier molecular flexibility index (Phi) is 4.16. The second kappa shape index (κ2) is 5.84. The maximum atomic E-state index is 4.03. The molecule has 0 atom stereocenters.